The minimum Gasteiger partial charge on any atom is -0.452 e. The van der Waals surface area contributed by atoms with Crippen molar-refractivity contribution >= 4 is 27.6 Å². The van der Waals surface area contributed by atoms with Crippen molar-refractivity contribution in [3.8, 4) is 0 Å². The fourth-order valence-electron chi connectivity index (χ4n) is 3.71. The number of hydrogen-bond acceptors (Lipinski definition) is 5. The number of sulfonamides is 1. The molecule has 0 atom stereocenters. The second kappa shape index (κ2) is 9.97. The number of anilines is 1. The Morgan fingerprint density at radius 3 is 2.48 bits per heavy atom. The second-order valence-corrected chi connectivity index (χ2v) is 9.57. The van der Waals surface area contributed by atoms with E-state index in [-0.39, 0.29) is 17.0 Å². The Balaban J connectivity index is 1.33. The van der Waals surface area contributed by atoms with Gasteiger partial charge in [-0.05, 0) is 66.3 Å². The number of nitrogens with one attached hydrogen (secondary N) is 2. The van der Waals surface area contributed by atoms with Crippen LogP contribution >= 0.6 is 0 Å². The Morgan fingerprint density at radius 1 is 0.879 bits per heavy atom. The van der Waals surface area contributed by atoms with E-state index >= 15 is 0 Å². The summed E-state index contributed by atoms with van der Waals surface area (Å²) in [6.07, 6.45) is 3.16. The Hall–Kier alpha value is -3.49. The van der Waals surface area contributed by atoms with E-state index in [0.717, 1.165) is 24.8 Å². The first-order chi connectivity index (χ1) is 15.9. The highest BCUT2D eigenvalue weighted by atomic mass is 32.2. The molecule has 3 aromatic rings. The molecule has 0 bridgehead atoms. The molecule has 0 fully saturated rings. The SMILES string of the molecule is O=C(COC(=O)c1cccc(S(=O)(=O)NCc2ccccc2)c1)Nc1ccc2c(c1)CCC2. The van der Waals surface area contributed by atoms with Crippen LogP contribution in [-0.2, 0) is 38.9 Å². The second-order valence-electron chi connectivity index (χ2n) is 7.80. The van der Waals surface area contributed by atoms with Crippen molar-refractivity contribution in [2.24, 2.45) is 0 Å². The van der Waals surface area contributed by atoms with Crippen molar-refractivity contribution < 1.29 is 22.7 Å². The van der Waals surface area contributed by atoms with Crippen molar-refractivity contribution in [2.45, 2.75) is 30.7 Å². The van der Waals surface area contributed by atoms with Crippen molar-refractivity contribution in [1.82, 2.24) is 4.72 Å². The van der Waals surface area contributed by atoms with Gasteiger partial charge in [0.15, 0.2) is 6.61 Å². The Bertz CT molecular complexity index is 1270. The number of benzene rings is 3. The van der Waals surface area contributed by atoms with Crippen molar-refractivity contribution in [3.05, 3.63) is 95.1 Å². The van der Waals surface area contributed by atoms with Crippen molar-refractivity contribution in [2.75, 3.05) is 11.9 Å². The summed E-state index contributed by atoms with van der Waals surface area (Å²) in [5.41, 5.74) is 4.04. The van der Waals surface area contributed by atoms with Gasteiger partial charge in [0, 0.05) is 12.2 Å². The van der Waals surface area contributed by atoms with Gasteiger partial charge >= 0.3 is 5.97 Å². The molecule has 8 heteroatoms. The zero-order valence-electron chi connectivity index (χ0n) is 17.9. The van der Waals surface area contributed by atoms with Gasteiger partial charge in [0.05, 0.1) is 10.5 Å². The first kappa shape index (κ1) is 22.7. The lowest BCUT2D eigenvalue weighted by molar-refractivity contribution is -0.119. The van der Waals surface area contributed by atoms with Crippen LogP contribution in [-0.4, -0.2) is 26.9 Å². The molecule has 7 nitrogen and oxygen atoms in total. The quantitative estimate of drug-likeness (QED) is 0.497. The van der Waals surface area contributed by atoms with Gasteiger partial charge in [0.2, 0.25) is 10.0 Å². The summed E-state index contributed by atoms with van der Waals surface area (Å²) in [6, 6.07) is 20.4. The third-order valence-corrected chi connectivity index (χ3v) is 6.80. The molecule has 2 N–H and O–H groups in total. The predicted molar refractivity (Wildman–Crippen MR) is 124 cm³/mol. The Labute approximate surface area is 192 Å². The Morgan fingerprint density at radius 2 is 1.67 bits per heavy atom. The molecule has 1 aliphatic carbocycles. The van der Waals surface area contributed by atoms with Gasteiger partial charge in [-0.2, -0.15) is 0 Å². The first-order valence-corrected chi connectivity index (χ1v) is 12.1. The van der Waals surface area contributed by atoms with Gasteiger partial charge in [0.1, 0.15) is 0 Å². The fraction of sp³-hybridized carbons (Fsp3) is 0.200. The van der Waals surface area contributed by atoms with E-state index in [9.17, 15) is 18.0 Å². The van der Waals surface area contributed by atoms with E-state index in [2.05, 4.69) is 10.0 Å². The van der Waals surface area contributed by atoms with Gasteiger partial charge in [-0.25, -0.2) is 17.9 Å². The third-order valence-electron chi connectivity index (χ3n) is 5.41. The molecule has 1 amide bonds. The molecular formula is C25H24N2O5S. The third kappa shape index (κ3) is 5.85. The van der Waals surface area contributed by atoms with Gasteiger partial charge in [0.25, 0.3) is 5.91 Å². The molecule has 0 saturated heterocycles. The largest absolute Gasteiger partial charge is 0.452 e. The fourth-order valence-corrected chi connectivity index (χ4v) is 4.77. The zero-order chi connectivity index (χ0) is 23.3. The molecule has 0 saturated carbocycles. The number of fused-ring (bicyclic) bond motifs is 1. The van der Waals surface area contributed by atoms with Gasteiger partial charge in [-0.15, -0.1) is 0 Å². The minimum atomic E-state index is -3.83. The Kier molecular flexibility index (Phi) is 6.86. The van der Waals surface area contributed by atoms with Crippen LogP contribution in [0, 0.1) is 0 Å². The molecule has 33 heavy (non-hydrogen) atoms. The number of aryl methyl sites for hydroxylation is 2. The van der Waals surface area contributed by atoms with Gasteiger partial charge in [-0.1, -0.05) is 42.5 Å². The van der Waals surface area contributed by atoms with E-state index in [1.807, 2.05) is 48.5 Å². The maximum atomic E-state index is 12.6. The van der Waals surface area contributed by atoms with E-state index in [4.69, 9.17) is 4.74 Å². The molecule has 0 heterocycles. The molecule has 0 spiro atoms. The van der Waals surface area contributed by atoms with E-state index in [0.29, 0.717) is 5.69 Å². The number of carbonyl (C=O) groups excluding carboxylic acids is 2. The zero-order valence-corrected chi connectivity index (χ0v) is 18.7. The van der Waals surface area contributed by atoms with E-state index in [1.165, 1.54) is 35.4 Å². The average Bonchev–Trinajstić information content (AvgIpc) is 3.30. The lowest BCUT2D eigenvalue weighted by atomic mass is 10.1. The molecule has 170 valence electrons. The lowest BCUT2D eigenvalue weighted by Crippen LogP contribution is -2.24. The first-order valence-electron chi connectivity index (χ1n) is 10.6. The summed E-state index contributed by atoms with van der Waals surface area (Å²) in [6.45, 7) is -0.347. The van der Waals surface area contributed by atoms with Crippen LogP contribution in [0.25, 0.3) is 0 Å². The summed E-state index contributed by atoms with van der Waals surface area (Å²) in [7, 11) is -3.83. The van der Waals surface area contributed by atoms with Gasteiger partial charge in [-0.3, -0.25) is 4.79 Å². The molecule has 4 rings (SSSR count). The maximum Gasteiger partial charge on any atom is 0.338 e. The normalized spacial score (nSPS) is 12.7. The molecule has 0 radical (unpaired) electrons. The standard InChI is InChI=1S/C25H24N2O5S/c28-24(27-22-13-12-19-8-4-9-20(19)14-22)17-32-25(29)21-10-5-11-23(15-21)33(30,31)26-16-18-6-2-1-3-7-18/h1-3,5-7,10-15,26H,4,8-9,16-17H2,(H,27,28). The molecule has 3 aromatic carbocycles. The van der Waals surface area contributed by atoms with Crippen LogP contribution in [0.1, 0.15) is 33.5 Å². The molecule has 1 aliphatic rings. The minimum absolute atomic E-state index is 0.0444. The summed E-state index contributed by atoms with van der Waals surface area (Å²) < 4.78 is 32.8. The molecular weight excluding hydrogens is 440 g/mol. The number of hydrogen-bond donors (Lipinski definition) is 2. The van der Waals surface area contributed by atoms with Crippen LogP contribution in [0.3, 0.4) is 0 Å². The van der Waals surface area contributed by atoms with E-state index < -0.39 is 28.5 Å². The number of amides is 1. The van der Waals surface area contributed by atoms with Gasteiger partial charge < -0.3 is 10.1 Å². The smallest absolute Gasteiger partial charge is 0.338 e. The molecule has 0 aliphatic heterocycles. The topological polar surface area (TPSA) is 102 Å². The van der Waals surface area contributed by atoms with Crippen LogP contribution in [0.5, 0.6) is 0 Å². The highest BCUT2D eigenvalue weighted by Crippen LogP contribution is 2.24. The number of carbonyl (C=O) groups is 2. The number of esters is 1. The highest BCUT2D eigenvalue weighted by Gasteiger charge is 2.18. The monoisotopic (exact) mass is 464 g/mol. The number of rotatable bonds is 8. The van der Waals surface area contributed by atoms with Crippen LogP contribution in [0.4, 0.5) is 5.69 Å². The van der Waals surface area contributed by atoms with Crippen LogP contribution < -0.4 is 10.0 Å². The predicted octanol–water partition coefficient (Wildman–Crippen LogP) is 3.45. The number of ether oxygens (including phenoxy) is 1. The van der Waals surface area contributed by atoms with E-state index in [1.54, 1.807) is 0 Å². The van der Waals surface area contributed by atoms with Crippen LogP contribution in [0.15, 0.2) is 77.7 Å². The molecule has 0 aromatic heterocycles. The van der Waals surface area contributed by atoms with Crippen molar-refractivity contribution in [3.63, 3.8) is 0 Å². The lowest BCUT2D eigenvalue weighted by Gasteiger charge is -2.10. The summed E-state index contributed by atoms with van der Waals surface area (Å²) in [5, 5.41) is 2.72. The van der Waals surface area contributed by atoms with Crippen LogP contribution in [0.2, 0.25) is 0 Å². The summed E-state index contributed by atoms with van der Waals surface area (Å²) in [4.78, 5) is 24.5. The maximum absolute atomic E-state index is 12.6. The molecule has 0 unspecified atom stereocenters. The average molecular weight is 465 g/mol. The summed E-state index contributed by atoms with van der Waals surface area (Å²) >= 11 is 0. The van der Waals surface area contributed by atoms with Crippen molar-refractivity contribution in [1.29, 1.82) is 0 Å². The summed E-state index contributed by atoms with van der Waals surface area (Å²) in [5.74, 6) is -1.24. The highest BCUT2D eigenvalue weighted by molar-refractivity contribution is 7.89.